The average molecular weight is 309 g/mol. The van der Waals surface area contributed by atoms with Crippen LogP contribution in [0.25, 0.3) is 0 Å². The molecule has 2 atom stereocenters. The van der Waals surface area contributed by atoms with E-state index in [4.69, 9.17) is 11.6 Å². The van der Waals surface area contributed by atoms with Crippen molar-refractivity contribution in [1.29, 1.82) is 0 Å². The average Bonchev–Trinajstić information content (AvgIpc) is 2.37. The summed E-state index contributed by atoms with van der Waals surface area (Å²) in [5.74, 6) is 0.725. The molecule has 1 aromatic carbocycles. The van der Waals surface area contributed by atoms with Crippen molar-refractivity contribution in [2.45, 2.75) is 45.7 Å². The normalized spacial score (nSPS) is 25.2. The quantitative estimate of drug-likeness (QED) is 0.877. The molecule has 118 valence electrons. The van der Waals surface area contributed by atoms with Crippen LogP contribution in [0.1, 0.15) is 38.7 Å². The van der Waals surface area contributed by atoms with Crippen LogP contribution < -0.4 is 5.32 Å². The zero-order chi connectivity index (χ0) is 15.5. The number of nitrogens with zero attached hydrogens (tertiary/aromatic N) is 1. The van der Waals surface area contributed by atoms with Gasteiger partial charge in [0, 0.05) is 24.2 Å². The molecule has 1 fully saturated rings. The van der Waals surface area contributed by atoms with E-state index in [1.807, 2.05) is 12.1 Å². The first-order valence-electron chi connectivity index (χ1n) is 8.00. The molecule has 2 rings (SSSR count). The third-order valence-electron chi connectivity index (χ3n) is 4.77. The van der Waals surface area contributed by atoms with Gasteiger partial charge in [-0.2, -0.15) is 0 Å². The molecule has 2 nitrogen and oxygen atoms in total. The van der Waals surface area contributed by atoms with Gasteiger partial charge >= 0.3 is 0 Å². The first kappa shape index (κ1) is 16.8. The highest BCUT2D eigenvalue weighted by Crippen LogP contribution is 2.39. The van der Waals surface area contributed by atoms with Crippen LogP contribution in [0.2, 0.25) is 5.02 Å². The summed E-state index contributed by atoms with van der Waals surface area (Å²) in [5, 5.41) is 4.35. The molecule has 3 heteroatoms. The minimum absolute atomic E-state index is 0.481. The molecule has 0 aromatic heterocycles. The lowest BCUT2D eigenvalue weighted by molar-refractivity contribution is 0.110. The standard InChI is InChI=1S/C18H29ClN2/c1-18(2)9-8-17(20-3)15(11-18)13-21(4)12-14-6-5-7-16(19)10-14/h5-7,10,15,17,20H,8-9,11-13H2,1-4H3. The number of halogens is 1. The fourth-order valence-electron chi connectivity index (χ4n) is 3.72. The van der Waals surface area contributed by atoms with E-state index in [-0.39, 0.29) is 0 Å². The Hall–Kier alpha value is -0.570. The number of hydrogen-bond acceptors (Lipinski definition) is 2. The molecular weight excluding hydrogens is 280 g/mol. The number of benzene rings is 1. The maximum atomic E-state index is 6.07. The zero-order valence-electron chi connectivity index (χ0n) is 13.8. The third kappa shape index (κ3) is 4.98. The molecular formula is C18H29ClN2. The fraction of sp³-hybridized carbons (Fsp3) is 0.667. The van der Waals surface area contributed by atoms with E-state index in [0.29, 0.717) is 11.5 Å². The Morgan fingerprint density at radius 3 is 2.81 bits per heavy atom. The second-order valence-corrected chi connectivity index (χ2v) is 7.83. The largest absolute Gasteiger partial charge is 0.317 e. The van der Waals surface area contributed by atoms with Crippen molar-refractivity contribution in [3.05, 3.63) is 34.9 Å². The Bertz CT molecular complexity index is 458. The molecule has 0 heterocycles. The molecule has 1 aromatic rings. The minimum Gasteiger partial charge on any atom is -0.317 e. The second-order valence-electron chi connectivity index (χ2n) is 7.39. The van der Waals surface area contributed by atoms with Crippen LogP contribution in [0.5, 0.6) is 0 Å². The maximum absolute atomic E-state index is 6.07. The highest BCUT2D eigenvalue weighted by Gasteiger charge is 2.34. The summed E-state index contributed by atoms with van der Waals surface area (Å²) in [4.78, 5) is 2.43. The number of nitrogens with one attached hydrogen (secondary N) is 1. The monoisotopic (exact) mass is 308 g/mol. The molecule has 2 unspecified atom stereocenters. The molecule has 0 aliphatic heterocycles. The van der Waals surface area contributed by atoms with Gasteiger partial charge in [-0.1, -0.05) is 37.6 Å². The van der Waals surface area contributed by atoms with Gasteiger partial charge < -0.3 is 10.2 Å². The van der Waals surface area contributed by atoms with Crippen molar-refractivity contribution in [1.82, 2.24) is 10.2 Å². The molecule has 0 saturated heterocycles. The molecule has 1 saturated carbocycles. The van der Waals surface area contributed by atoms with E-state index in [0.717, 1.165) is 24.0 Å². The van der Waals surface area contributed by atoms with Crippen LogP contribution in [0.4, 0.5) is 0 Å². The van der Waals surface area contributed by atoms with Crippen molar-refractivity contribution in [3.63, 3.8) is 0 Å². The predicted octanol–water partition coefficient (Wildman–Crippen LogP) is 4.19. The highest BCUT2D eigenvalue weighted by atomic mass is 35.5. The summed E-state index contributed by atoms with van der Waals surface area (Å²) in [6, 6.07) is 8.85. The van der Waals surface area contributed by atoms with Gasteiger partial charge in [-0.05, 0) is 62.4 Å². The molecule has 0 spiro atoms. The molecule has 1 N–H and O–H groups in total. The van der Waals surface area contributed by atoms with E-state index in [1.165, 1.54) is 24.8 Å². The molecule has 1 aliphatic carbocycles. The van der Waals surface area contributed by atoms with Crippen LogP contribution in [0.15, 0.2) is 24.3 Å². The first-order chi connectivity index (χ1) is 9.89. The third-order valence-corrected chi connectivity index (χ3v) is 5.01. The van der Waals surface area contributed by atoms with Gasteiger partial charge in [0.05, 0.1) is 0 Å². The van der Waals surface area contributed by atoms with Crippen LogP contribution in [-0.2, 0) is 6.54 Å². The van der Waals surface area contributed by atoms with Crippen LogP contribution >= 0.6 is 11.6 Å². The lowest BCUT2D eigenvalue weighted by Crippen LogP contribution is -2.45. The Labute approximate surface area is 134 Å². The smallest absolute Gasteiger partial charge is 0.0409 e. The van der Waals surface area contributed by atoms with Gasteiger partial charge in [0.25, 0.3) is 0 Å². The summed E-state index contributed by atoms with van der Waals surface area (Å²) in [7, 11) is 4.32. The minimum atomic E-state index is 0.481. The first-order valence-corrected chi connectivity index (χ1v) is 8.38. The van der Waals surface area contributed by atoms with Gasteiger partial charge in [-0.25, -0.2) is 0 Å². The van der Waals surface area contributed by atoms with E-state index in [2.05, 4.69) is 50.3 Å². The Morgan fingerprint density at radius 1 is 1.38 bits per heavy atom. The summed E-state index contributed by atoms with van der Waals surface area (Å²) in [5.41, 5.74) is 1.77. The van der Waals surface area contributed by atoms with E-state index >= 15 is 0 Å². The van der Waals surface area contributed by atoms with Gasteiger partial charge in [0.15, 0.2) is 0 Å². The van der Waals surface area contributed by atoms with Gasteiger partial charge in [-0.3, -0.25) is 0 Å². The lowest BCUT2D eigenvalue weighted by atomic mass is 9.69. The maximum Gasteiger partial charge on any atom is 0.0409 e. The number of hydrogen-bond donors (Lipinski definition) is 1. The molecule has 0 bridgehead atoms. The second kappa shape index (κ2) is 7.13. The lowest BCUT2D eigenvalue weighted by Gasteiger charge is -2.42. The number of rotatable bonds is 5. The van der Waals surface area contributed by atoms with E-state index in [1.54, 1.807) is 0 Å². The highest BCUT2D eigenvalue weighted by molar-refractivity contribution is 6.30. The van der Waals surface area contributed by atoms with Crippen molar-refractivity contribution >= 4 is 11.6 Å². The summed E-state index contributed by atoms with van der Waals surface area (Å²) in [6.45, 7) is 6.92. The van der Waals surface area contributed by atoms with Gasteiger partial charge in [-0.15, -0.1) is 0 Å². The topological polar surface area (TPSA) is 15.3 Å². The van der Waals surface area contributed by atoms with Gasteiger partial charge in [0.1, 0.15) is 0 Å². The molecule has 0 radical (unpaired) electrons. The molecule has 0 amide bonds. The molecule has 21 heavy (non-hydrogen) atoms. The van der Waals surface area contributed by atoms with Crippen LogP contribution in [0.3, 0.4) is 0 Å². The van der Waals surface area contributed by atoms with E-state index < -0.39 is 0 Å². The SMILES string of the molecule is CNC1CCC(C)(C)CC1CN(C)Cc1cccc(Cl)c1. The van der Waals surface area contributed by atoms with Gasteiger partial charge in [0.2, 0.25) is 0 Å². The van der Waals surface area contributed by atoms with Crippen molar-refractivity contribution < 1.29 is 0 Å². The Kier molecular flexibility index (Phi) is 5.70. The summed E-state index contributed by atoms with van der Waals surface area (Å²) >= 11 is 6.07. The zero-order valence-corrected chi connectivity index (χ0v) is 14.6. The van der Waals surface area contributed by atoms with E-state index in [9.17, 15) is 0 Å². The summed E-state index contributed by atoms with van der Waals surface area (Å²) < 4.78 is 0. The summed E-state index contributed by atoms with van der Waals surface area (Å²) in [6.07, 6.45) is 3.92. The Morgan fingerprint density at radius 2 is 2.14 bits per heavy atom. The van der Waals surface area contributed by atoms with Crippen LogP contribution in [-0.4, -0.2) is 31.6 Å². The fourth-order valence-corrected chi connectivity index (χ4v) is 3.93. The van der Waals surface area contributed by atoms with Crippen molar-refractivity contribution in [3.8, 4) is 0 Å². The van der Waals surface area contributed by atoms with Crippen molar-refractivity contribution in [2.24, 2.45) is 11.3 Å². The van der Waals surface area contributed by atoms with Crippen molar-refractivity contribution in [2.75, 3.05) is 20.6 Å². The predicted molar refractivity (Wildman–Crippen MR) is 91.8 cm³/mol. The molecule has 1 aliphatic rings. The Balaban J connectivity index is 1.95. The van der Waals surface area contributed by atoms with Crippen LogP contribution in [0, 0.1) is 11.3 Å².